The number of rotatable bonds is 4. The average Bonchev–Trinajstić information content (AvgIpc) is 3.22. The molecule has 1 saturated heterocycles. The summed E-state index contributed by atoms with van der Waals surface area (Å²) < 4.78 is 0. The maximum Gasteiger partial charge on any atom is 0.317 e. The van der Waals surface area contributed by atoms with Crippen molar-refractivity contribution in [3.05, 3.63) is 0 Å². The fourth-order valence-corrected chi connectivity index (χ4v) is 2.42. The van der Waals surface area contributed by atoms with Gasteiger partial charge in [-0.1, -0.05) is 13.3 Å². The zero-order valence-electron chi connectivity index (χ0n) is 11.1. The van der Waals surface area contributed by atoms with Crippen LogP contribution in [0.25, 0.3) is 0 Å². The van der Waals surface area contributed by atoms with Crippen LogP contribution in [0.4, 0.5) is 4.79 Å². The third-order valence-electron chi connectivity index (χ3n) is 3.68. The number of urea groups is 1. The molecule has 100 valence electrons. The standard InChI is InChI=1S/C13H22N4O/c1-2-3-6-15-13(18)16-7-8-17(11-4-5-11)12(9-14)10-16/h11-12H,2-8,10H2,1H3,(H,15,18). The van der Waals surface area contributed by atoms with E-state index in [1.54, 1.807) is 4.90 Å². The van der Waals surface area contributed by atoms with Crippen LogP contribution in [0.1, 0.15) is 32.6 Å². The van der Waals surface area contributed by atoms with Crippen molar-refractivity contribution in [3.8, 4) is 6.07 Å². The fourth-order valence-electron chi connectivity index (χ4n) is 2.42. The normalized spacial score (nSPS) is 24.7. The molecule has 18 heavy (non-hydrogen) atoms. The molecule has 2 aliphatic rings. The predicted octanol–water partition coefficient (Wildman–Crippen LogP) is 1.17. The van der Waals surface area contributed by atoms with E-state index in [2.05, 4.69) is 23.2 Å². The first-order chi connectivity index (χ1) is 8.76. The molecule has 0 aromatic rings. The van der Waals surface area contributed by atoms with Crippen molar-refractivity contribution in [2.45, 2.75) is 44.7 Å². The van der Waals surface area contributed by atoms with Gasteiger partial charge < -0.3 is 10.2 Å². The highest BCUT2D eigenvalue weighted by Gasteiger charge is 2.38. The molecule has 1 saturated carbocycles. The second-order valence-electron chi connectivity index (χ2n) is 5.15. The minimum Gasteiger partial charge on any atom is -0.338 e. The number of hydrogen-bond acceptors (Lipinski definition) is 3. The van der Waals surface area contributed by atoms with E-state index in [0.717, 1.165) is 32.5 Å². The van der Waals surface area contributed by atoms with E-state index in [1.165, 1.54) is 12.8 Å². The molecule has 1 heterocycles. The van der Waals surface area contributed by atoms with Gasteiger partial charge in [-0.15, -0.1) is 0 Å². The lowest BCUT2D eigenvalue weighted by Crippen LogP contribution is -2.56. The Morgan fingerprint density at radius 1 is 1.44 bits per heavy atom. The van der Waals surface area contributed by atoms with Crippen LogP contribution < -0.4 is 5.32 Å². The smallest absolute Gasteiger partial charge is 0.317 e. The van der Waals surface area contributed by atoms with Crippen LogP contribution in [-0.4, -0.2) is 54.1 Å². The third kappa shape index (κ3) is 3.14. The second kappa shape index (κ2) is 6.05. The van der Waals surface area contributed by atoms with Crippen LogP contribution in [0, 0.1) is 11.3 Å². The fraction of sp³-hybridized carbons (Fsp3) is 0.846. The maximum absolute atomic E-state index is 11.9. The van der Waals surface area contributed by atoms with Crippen LogP contribution >= 0.6 is 0 Å². The van der Waals surface area contributed by atoms with Gasteiger partial charge in [-0.05, 0) is 19.3 Å². The second-order valence-corrected chi connectivity index (χ2v) is 5.15. The zero-order chi connectivity index (χ0) is 13.0. The lowest BCUT2D eigenvalue weighted by Gasteiger charge is -2.38. The lowest BCUT2D eigenvalue weighted by atomic mass is 10.2. The van der Waals surface area contributed by atoms with Crippen molar-refractivity contribution in [3.63, 3.8) is 0 Å². The molecule has 2 fully saturated rings. The molecule has 0 radical (unpaired) electrons. The van der Waals surface area contributed by atoms with E-state index < -0.39 is 0 Å². The molecular formula is C13H22N4O. The number of nitrogens with zero attached hydrogens (tertiary/aromatic N) is 3. The highest BCUT2D eigenvalue weighted by Crippen LogP contribution is 2.29. The van der Waals surface area contributed by atoms with Gasteiger partial charge in [0, 0.05) is 25.7 Å². The number of piperazine rings is 1. The molecule has 0 spiro atoms. The summed E-state index contributed by atoms with van der Waals surface area (Å²) in [5, 5.41) is 12.1. The van der Waals surface area contributed by atoms with Crippen molar-refractivity contribution in [1.82, 2.24) is 15.1 Å². The van der Waals surface area contributed by atoms with Crippen LogP contribution in [0.5, 0.6) is 0 Å². The van der Waals surface area contributed by atoms with E-state index in [4.69, 9.17) is 0 Å². The van der Waals surface area contributed by atoms with Gasteiger partial charge in [-0.25, -0.2) is 4.79 Å². The molecule has 1 aliphatic carbocycles. The first-order valence-corrected chi connectivity index (χ1v) is 6.94. The van der Waals surface area contributed by atoms with Gasteiger partial charge in [0.15, 0.2) is 0 Å². The molecule has 2 amide bonds. The minimum absolute atomic E-state index is 0.0147. The van der Waals surface area contributed by atoms with Gasteiger partial charge in [0.05, 0.1) is 12.6 Å². The third-order valence-corrected chi connectivity index (χ3v) is 3.68. The van der Waals surface area contributed by atoms with Crippen molar-refractivity contribution in [2.24, 2.45) is 0 Å². The summed E-state index contributed by atoms with van der Waals surface area (Å²) in [6.45, 7) is 4.96. The molecule has 1 atom stereocenters. The Bertz CT molecular complexity index is 334. The summed E-state index contributed by atoms with van der Waals surface area (Å²) in [6.07, 6.45) is 4.51. The lowest BCUT2D eigenvalue weighted by molar-refractivity contribution is 0.108. The molecule has 0 bridgehead atoms. The molecule has 5 nitrogen and oxygen atoms in total. The van der Waals surface area contributed by atoms with Gasteiger partial charge in [0.2, 0.25) is 0 Å². The van der Waals surface area contributed by atoms with E-state index in [9.17, 15) is 10.1 Å². The van der Waals surface area contributed by atoms with Gasteiger partial charge in [0.25, 0.3) is 0 Å². The summed E-state index contributed by atoms with van der Waals surface area (Å²) in [6, 6.07) is 2.79. The van der Waals surface area contributed by atoms with Crippen LogP contribution in [0.15, 0.2) is 0 Å². The summed E-state index contributed by atoms with van der Waals surface area (Å²) >= 11 is 0. The Hall–Kier alpha value is -1.28. The number of amides is 2. The molecule has 0 aromatic heterocycles. The molecule has 0 aromatic carbocycles. The maximum atomic E-state index is 11.9. The van der Waals surface area contributed by atoms with Crippen molar-refractivity contribution in [2.75, 3.05) is 26.2 Å². The summed E-state index contributed by atoms with van der Waals surface area (Å²) in [5.74, 6) is 0. The first kappa shape index (κ1) is 13.2. The Morgan fingerprint density at radius 2 is 2.22 bits per heavy atom. The van der Waals surface area contributed by atoms with E-state index >= 15 is 0 Å². The SMILES string of the molecule is CCCCNC(=O)N1CCN(C2CC2)C(C#N)C1. The van der Waals surface area contributed by atoms with E-state index in [-0.39, 0.29) is 12.1 Å². The van der Waals surface area contributed by atoms with Crippen molar-refractivity contribution >= 4 is 6.03 Å². The number of hydrogen-bond donors (Lipinski definition) is 1. The summed E-state index contributed by atoms with van der Waals surface area (Å²) in [7, 11) is 0. The van der Waals surface area contributed by atoms with Crippen LogP contribution in [-0.2, 0) is 0 Å². The number of nitriles is 1. The van der Waals surface area contributed by atoms with Crippen LogP contribution in [0.2, 0.25) is 0 Å². The number of nitrogens with one attached hydrogen (secondary N) is 1. The molecule has 1 unspecified atom stereocenters. The first-order valence-electron chi connectivity index (χ1n) is 6.94. The Labute approximate surface area is 109 Å². The van der Waals surface area contributed by atoms with Crippen molar-refractivity contribution in [1.29, 1.82) is 5.26 Å². The van der Waals surface area contributed by atoms with Gasteiger partial charge in [-0.2, -0.15) is 5.26 Å². The molecule has 1 N–H and O–H groups in total. The highest BCUT2D eigenvalue weighted by atomic mass is 16.2. The minimum atomic E-state index is -0.122. The predicted molar refractivity (Wildman–Crippen MR) is 69.0 cm³/mol. The van der Waals surface area contributed by atoms with Gasteiger partial charge in [-0.3, -0.25) is 4.90 Å². The number of unbranched alkanes of at least 4 members (excludes halogenated alkanes) is 1. The highest BCUT2D eigenvalue weighted by molar-refractivity contribution is 5.74. The summed E-state index contributed by atoms with van der Waals surface area (Å²) in [4.78, 5) is 16.0. The van der Waals surface area contributed by atoms with Crippen molar-refractivity contribution < 1.29 is 4.79 Å². The largest absolute Gasteiger partial charge is 0.338 e. The molecular weight excluding hydrogens is 228 g/mol. The molecule has 1 aliphatic heterocycles. The average molecular weight is 250 g/mol. The molecule has 2 rings (SSSR count). The zero-order valence-corrected chi connectivity index (χ0v) is 11.1. The molecule has 5 heteroatoms. The van der Waals surface area contributed by atoms with Gasteiger partial charge >= 0.3 is 6.03 Å². The summed E-state index contributed by atoms with van der Waals surface area (Å²) in [5.41, 5.74) is 0. The van der Waals surface area contributed by atoms with E-state index in [0.29, 0.717) is 12.6 Å². The van der Waals surface area contributed by atoms with E-state index in [1.807, 2.05) is 0 Å². The van der Waals surface area contributed by atoms with Crippen LogP contribution in [0.3, 0.4) is 0 Å². The Morgan fingerprint density at radius 3 is 2.83 bits per heavy atom. The number of carbonyl (C=O) groups is 1. The number of carbonyl (C=O) groups excluding carboxylic acids is 1. The quantitative estimate of drug-likeness (QED) is 0.762. The monoisotopic (exact) mass is 250 g/mol. The Kier molecular flexibility index (Phi) is 4.43. The Balaban J connectivity index is 1.81. The topological polar surface area (TPSA) is 59.4 Å². The van der Waals surface area contributed by atoms with Gasteiger partial charge in [0.1, 0.15) is 6.04 Å².